The Morgan fingerprint density at radius 1 is 0.907 bits per heavy atom. The Kier molecular flexibility index (Phi) is 16.6. The Hall–Kier alpha value is -4.55. The molecule has 0 fully saturated rings. The molecular formula is C37H46O6. The predicted molar refractivity (Wildman–Crippen MR) is 178 cm³/mol. The molecule has 0 saturated heterocycles. The maximum atomic E-state index is 10.2. The molecule has 1 unspecified atom stereocenters. The predicted octanol–water partition coefficient (Wildman–Crippen LogP) is 8.87. The summed E-state index contributed by atoms with van der Waals surface area (Å²) in [7, 11) is 1.33. The number of esters is 1. The van der Waals surface area contributed by atoms with Crippen molar-refractivity contribution in [2.75, 3.05) is 13.7 Å². The molecule has 0 aliphatic heterocycles. The van der Waals surface area contributed by atoms with Gasteiger partial charge in [-0.15, -0.1) is 0 Å². The van der Waals surface area contributed by atoms with Gasteiger partial charge in [-0.25, -0.2) is 4.79 Å². The van der Waals surface area contributed by atoms with Gasteiger partial charge in [-0.1, -0.05) is 80.4 Å². The van der Waals surface area contributed by atoms with Gasteiger partial charge in [0.15, 0.2) is 6.29 Å². The van der Waals surface area contributed by atoms with E-state index in [1.54, 1.807) is 31.4 Å². The number of aromatic hydroxyl groups is 1. The standard InChI is InChI=1S/C24H30O3.C8H8O.C5H8O2/c1-6-20-12-14-23(15-13-20)27-24(4,5)18-22-10-8-21(9-11-22)16-17-26-19(3)25-7-2;1-2-7-3-5-8(9)6-4-7;1-4(2)5(6)7-3/h6,8-17,19H,1,7,18H2,2-5H3;2-6,9H,1H2;1H2,2-3H3. The summed E-state index contributed by atoms with van der Waals surface area (Å²) in [5.74, 6) is 0.811. The fourth-order valence-corrected chi connectivity index (χ4v) is 3.55. The van der Waals surface area contributed by atoms with Crippen LogP contribution in [0.2, 0.25) is 0 Å². The molecule has 0 aliphatic carbocycles. The third-order valence-corrected chi connectivity index (χ3v) is 5.71. The second kappa shape index (κ2) is 19.5. The molecule has 1 N–H and O–H groups in total. The second-order valence-corrected chi connectivity index (χ2v) is 10.1. The number of rotatable bonds is 12. The van der Waals surface area contributed by atoms with E-state index in [2.05, 4.69) is 62.6 Å². The van der Waals surface area contributed by atoms with Crippen LogP contribution in [0, 0.1) is 0 Å². The first-order valence-corrected chi connectivity index (χ1v) is 14.0. The van der Waals surface area contributed by atoms with Crippen molar-refractivity contribution >= 4 is 24.2 Å². The van der Waals surface area contributed by atoms with E-state index in [-0.39, 0.29) is 17.9 Å². The molecule has 1 atom stereocenters. The van der Waals surface area contributed by atoms with Crippen molar-refractivity contribution in [2.24, 2.45) is 0 Å². The molecule has 0 saturated carbocycles. The van der Waals surface area contributed by atoms with Gasteiger partial charge in [0, 0.05) is 18.6 Å². The molecule has 0 amide bonds. The zero-order valence-corrected chi connectivity index (χ0v) is 26.3. The summed E-state index contributed by atoms with van der Waals surface area (Å²) < 4.78 is 21.2. The fraction of sp³-hybridized carbons (Fsp3) is 0.270. The van der Waals surface area contributed by atoms with Crippen molar-refractivity contribution in [3.8, 4) is 11.5 Å². The summed E-state index contributed by atoms with van der Waals surface area (Å²) in [5.41, 5.74) is 4.55. The summed E-state index contributed by atoms with van der Waals surface area (Å²) in [6, 6.07) is 23.3. The van der Waals surface area contributed by atoms with Gasteiger partial charge in [0.05, 0.1) is 13.4 Å². The fourth-order valence-electron chi connectivity index (χ4n) is 3.55. The Morgan fingerprint density at radius 2 is 1.42 bits per heavy atom. The van der Waals surface area contributed by atoms with Gasteiger partial charge < -0.3 is 24.1 Å². The van der Waals surface area contributed by atoms with Gasteiger partial charge in [0.1, 0.15) is 17.1 Å². The van der Waals surface area contributed by atoms with E-state index in [9.17, 15) is 4.79 Å². The highest BCUT2D eigenvalue weighted by atomic mass is 16.7. The number of hydrogen-bond acceptors (Lipinski definition) is 6. The molecule has 3 aromatic carbocycles. The molecule has 3 rings (SSSR count). The Balaban J connectivity index is 0.000000469. The van der Waals surface area contributed by atoms with Crippen LogP contribution < -0.4 is 4.74 Å². The Morgan fingerprint density at radius 3 is 1.86 bits per heavy atom. The SMILES string of the molecule is C=C(C)C(=O)OC.C=Cc1ccc(O)cc1.C=Cc1ccc(OC(C)(C)Cc2ccc(C=COC(C)OCC)cc2)cc1. The first kappa shape index (κ1) is 36.5. The number of hydrogen-bond donors (Lipinski definition) is 1. The van der Waals surface area contributed by atoms with Gasteiger partial charge in [-0.3, -0.25) is 0 Å². The van der Waals surface area contributed by atoms with Gasteiger partial charge >= 0.3 is 5.97 Å². The number of ether oxygens (including phenoxy) is 4. The van der Waals surface area contributed by atoms with E-state index in [4.69, 9.17) is 19.3 Å². The van der Waals surface area contributed by atoms with Crippen LogP contribution in [0.4, 0.5) is 0 Å². The van der Waals surface area contributed by atoms with Crippen LogP contribution in [0.1, 0.15) is 56.9 Å². The van der Waals surface area contributed by atoms with E-state index in [1.807, 2.05) is 62.4 Å². The normalized spacial score (nSPS) is 11.1. The third kappa shape index (κ3) is 15.9. The van der Waals surface area contributed by atoms with Crippen molar-refractivity contribution in [3.63, 3.8) is 0 Å². The number of benzene rings is 3. The molecule has 6 nitrogen and oxygen atoms in total. The minimum absolute atomic E-state index is 0.232. The molecule has 0 aromatic heterocycles. The van der Waals surface area contributed by atoms with Crippen LogP contribution in [0.25, 0.3) is 18.2 Å². The molecule has 6 heteroatoms. The van der Waals surface area contributed by atoms with Crippen LogP contribution in [-0.2, 0) is 25.4 Å². The molecule has 0 heterocycles. The average molecular weight is 587 g/mol. The number of carbonyl (C=O) groups is 1. The highest BCUT2D eigenvalue weighted by Gasteiger charge is 2.20. The average Bonchev–Trinajstić information content (AvgIpc) is 2.99. The lowest BCUT2D eigenvalue weighted by Crippen LogP contribution is -2.30. The molecule has 230 valence electrons. The zero-order chi connectivity index (χ0) is 32.3. The minimum Gasteiger partial charge on any atom is -0.508 e. The molecular weight excluding hydrogens is 540 g/mol. The lowest BCUT2D eigenvalue weighted by molar-refractivity contribution is -0.136. The Labute approximate surface area is 257 Å². The quantitative estimate of drug-likeness (QED) is 0.0989. The van der Waals surface area contributed by atoms with Crippen molar-refractivity contribution in [2.45, 2.75) is 52.9 Å². The number of carbonyl (C=O) groups excluding carboxylic acids is 1. The van der Waals surface area contributed by atoms with E-state index < -0.39 is 0 Å². The van der Waals surface area contributed by atoms with Crippen LogP contribution in [0.3, 0.4) is 0 Å². The highest BCUT2D eigenvalue weighted by Crippen LogP contribution is 2.23. The van der Waals surface area contributed by atoms with E-state index in [0.717, 1.165) is 28.9 Å². The van der Waals surface area contributed by atoms with Crippen molar-refractivity contribution in [1.29, 1.82) is 0 Å². The number of phenols is 1. The maximum Gasteiger partial charge on any atom is 0.332 e. The number of methoxy groups -OCH3 is 1. The van der Waals surface area contributed by atoms with E-state index in [1.165, 1.54) is 12.7 Å². The molecule has 0 spiro atoms. The van der Waals surface area contributed by atoms with Crippen LogP contribution in [0.15, 0.2) is 104 Å². The third-order valence-electron chi connectivity index (χ3n) is 5.71. The lowest BCUT2D eigenvalue weighted by atomic mass is 9.97. The van der Waals surface area contributed by atoms with Gasteiger partial charge in [0.2, 0.25) is 0 Å². The van der Waals surface area contributed by atoms with Crippen LogP contribution in [0.5, 0.6) is 11.5 Å². The summed E-state index contributed by atoms with van der Waals surface area (Å²) in [4.78, 5) is 10.2. The lowest BCUT2D eigenvalue weighted by Gasteiger charge is -2.27. The second-order valence-electron chi connectivity index (χ2n) is 10.1. The first-order valence-electron chi connectivity index (χ1n) is 14.0. The largest absolute Gasteiger partial charge is 0.508 e. The molecule has 0 radical (unpaired) electrons. The summed E-state index contributed by atoms with van der Waals surface area (Å²) in [6.45, 7) is 21.0. The molecule has 0 aliphatic rings. The topological polar surface area (TPSA) is 74.2 Å². The van der Waals surface area contributed by atoms with Gasteiger partial charge in [-0.2, -0.15) is 0 Å². The maximum absolute atomic E-state index is 10.2. The smallest absolute Gasteiger partial charge is 0.332 e. The summed E-state index contributed by atoms with van der Waals surface area (Å²) in [6.07, 6.45) is 7.76. The van der Waals surface area contributed by atoms with Crippen LogP contribution in [-0.4, -0.2) is 36.7 Å². The number of phenolic OH excluding ortho intramolecular Hbond substituents is 1. The highest BCUT2D eigenvalue weighted by molar-refractivity contribution is 5.86. The van der Waals surface area contributed by atoms with E-state index >= 15 is 0 Å². The summed E-state index contributed by atoms with van der Waals surface area (Å²) >= 11 is 0. The zero-order valence-electron chi connectivity index (χ0n) is 26.3. The molecule has 3 aromatic rings. The monoisotopic (exact) mass is 586 g/mol. The first-order chi connectivity index (χ1) is 20.4. The van der Waals surface area contributed by atoms with Gasteiger partial charge in [0.25, 0.3) is 0 Å². The van der Waals surface area contributed by atoms with Crippen LogP contribution >= 0.6 is 0 Å². The molecule has 43 heavy (non-hydrogen) atoms. The molecule has 0 bridgehead atoms. The van der Waals surface area contributed by atoms with Gasteiger partial charge in [-0.05, 0) is 87.2 Å². The van der Waals surface area contributed by atoms with Crippen molar-refractivity contribution in [3.05, 3.63) is 127 Å². The van der Waals surface area contributed by atoms with Crippen molar-refractivity contribution < 1.29 is 28.8 Å². The summed E-state index contributed by atoms with van der Waals surface area (Å²) in [5, 5.41) is 8.82. The van der Waals surface area contributed by atoms with Crippen molar-refractivity contribution in [1.82, 2.24) is 0 Å². The minimum atomic E-state index is -0.347. The Bertz CT molecular complexity index is 1290. The van der Waals surface area contributed by atoms with E-state index in [0.29, 0.717) is 17.9 Å².